The predicted octanol–water partition coefficient (Wildman–Crippen LogP) is 3.31. The van der Waals surface area contributed by atoms with Crippen molar-refractivity contribution in [1.29, 1.82) is 0 Å². The van der Waals surface area contributed by atoms with Gasteiger partial charge >= 0.3 is 0 Å². The van der Waals surface area contributed by atoms with Crippen molar-refractivity contribution < 1.29 is 4.79 Å². The summed E-state index contributed by atoms with van der Waals surface area (Å²) >= 11 is 0. The molecule has 1 amide bonds. The van der Waals surface area contributed by atoms with E-state index in [0.29, 0.717) is 6.42 Å². The van der Waals surface area contributed by atoms with Crippen molar-refractivity contribution in [2.45, 2.75) is 25.7 Å². The molecular weight excluding hydrogens is 308 g/mol. The molecule has 3 rings (SSSR count). The summed E-state index contributed by atoms with van der Waals surface area (Å²) in [5, 5.41) is 8.89. The van der Waals surface area contributed by atoms with E-state index in [1.165, 1.54) is 23.6 Å². The van der Waals surface area contributed by atoms with E-state index >= 15 is 0 Å². The molecule has 1 atom stereocenters. The quantitative estimate of drug-likeness (QED) is 0.882. The van der Waals surface area contributed by atoms with E-state index in [1.54, 1.807) is 0 Å². The highest BCUT2D eigenvalue weighted by atomic mass is 35.5. The molecule has 1 aliphatic heterocycles. The Hall–Kier alpha value is -1.58. The Bertz CT molecular complexity index is 638. The zero-order valence-corrected chi connectivity index (χ0v) is 14.2. The predicted molar refractivity (Wildman–Crippen MR) is 98.1 cm³/mol. The summed E-state index contributed by atoms with van der Waals surface area (Å²) in [4.78, 5) is 12.1. The fourth-order valence-corrected chi connectivity index (χ4v) is 3.18. The average molecular weight is 333 g/mol. The number of hydrogen-bond donors (Lipinski definition) is 2. The lowest BCUT2D eigenvalue weighted by Gasteiger charge is -2.22. The number of benzene rings is 2. The third-order valence-corrected chi connectivity index (χ3v) is 4.45. The van der Waals surface area contributed by atoms with E-state index in [2.05, 4.69) is 34.9 Å². The molecule has 4 heteroatoms. The van der Waals surface area contributed by atoms with Crippen LogP contribution >= 0.6 is 12.4 Å². The summed E-state index contributed by atoms with van der Waals surface area (Å²) < 4.78 is 0. The topological polar surface area (TPSA) is 41.1 Å². The lowest BCUT2D eigenvalue weighted by atomic mass is 9.96. The van der Waals surface area contributed by atoms with Crippen LogP contribution in [0.15, 0.2) is 42.5 Å². The van der Waals surface area contributed by atoms with Crippen LogP contribution in [0.1, 0.15) is 24.8 Å². The van der Waals surface area contributed by atoms with Crippen molar-refractivity contribution in [1.82, 2.24) is 10.6 Å². The number of piperidine rings is 1. The summed E-state index contributed by atoms with van der Waals surface area (Å²) in [6.07, 6.45) is 4.09. The van der Waals surface area contributed by atoms with Gasteiger partial charge in [0, 0.05) is 6.54 Å². The molecule has 1 aliphatic rings. The summed E-state index contributed by atoms with van der Waals surface area (Å²) in [6.45, 7) is 3.03. The van der Waals surface area contributed by atoms with Gasteiger partial charge in [-0.05, 0) is 54.6 Å². The van der Waals surface area contributed by atoms with Crippen molar-refractivity contribution >= 4 is 29.1 Å². The lowest BCUT2D eigenvalue weighted by Crippen LogP contribution is -2.33. The fraction of sp³-hybridized carbons (Fsp3) is 0.421. The van der Waals surface area contributed by atoms with Crippen LogP contribution < -0.4 is 10.6 Å². The van der Waals surface area contributed by atoms with Crippen molar-refractivity contribution in [3.63, 3.8) is 0 Å². The Kier molecular flexibility index (Phi) is 6.87. The highest BCUT2D eigenvalue weighted by molar-refractivity contribution is 5.85. The summed E-state index contributed by atoms with van der Waals surface area (Å²) in [6, 6.07) is 14.5. The van der Waals surface area contributed by atoms with Crippen molar-refractivity contribution in [2.75, 3.05) is 19.6 Å². The molecule has 0 radical (unpaired) electrons. The second kappa shape index (κ2) is 8.90. The maximum absolute atomic E-state index is 12.1. The third-order valence-electron chi connectivity index (χ3n) is 4.45. The van der Waals surface area contributed by atoms with E-state index in [1.807, 2.05) is 18.2 Å². The van der Waals surface area contributed by atoms with E-state index in [0.717, 1.165) is 37.5 Å². The first kappa shape index (κ1) is 17.8. The second-order valence-corrected chi connectivity index (χ2v) is 6.21. The summed E-state index contributed by atoms with van der Waals surface area (Å²) in [5.41, 5.74) is 1.08. The molecule has 23 heavy (non-hydrogen) atoms. The zero-order chi connectivity index (χ0) is 15.2. The van der Waals surface area contributed by atoms with Crippen molar-refractivity contribution in [3.8, 4) is 0 Å². The van der Waals surface area contributed by atoms with E-state index in [4.69, 9.17) is 0 Å². The van der Waals surface area contributed by atoms with Gasteiger partial charge in [-0.15, -0.1) is 12.4 Å². The first-order valence-electron chi connectivity index (χ1n) is 8.26. The molecule has 124 valence electrons. The standard InChI is InChI=1S/C19H24N2O.ClH/c22-19(21-11-9-15-4-3-10-20-14-15)13-16-7-8-17-5-1-2-6-18(17)12-16;/h1-2,5-8,12,15,20H,3-4,9-11,13-14H2,(H,21,22);1H. The molecular formula is C19H25ClN2O. The first-order chi connectivity index (χ1) is 10.8. The van der Waals surface area contributed by atoms with Gasteiger partial charge in [-0.3, -0.25) is 4.79 Å². The van der Waals surface area contributed by atoms with Gasteiger partial charge in [0.2, 0.25) is 5.91 Å². The van der Waals surface area contributed by atoms with Crippen LogP contribution in [0.2, 0.25) is 0 Å². The van der Waals surface area contributed by atoms with Crippen LogP contribution in [0.25, 0.3) is 10.8 Å². The largest absolute Gasteiger partial charge is 0.356 e. The minimum absolute atomic E-state index is 0. The van der Waals surface area contributed by atoms with Crippen molar-refractivity contribution in [3.05, 3.63) is 48.0 Å². The number of rotatable bonds is 5. The second-order valence-electron chi connectivity index (χ2n) is 6.21. The Labute approximate surface area is 144 Å². The molecule has 1 fully saturated rings. The van der Waals surface area contributed by atoms with Gasteiger partial charge < -0.3 is 10.6 Å². The van der Waals surface area contributed by atoms with E-state index in [-0.39, 0.29) is 18.3 Å². The van der Waals surface area contributed by atoms with Crippen LogP contribution in [0.4, 0.5) is 0 Å². The Morgan fingerprint density at radius 2 is 2.00 bits per heavy atom. The normalized spacial score (nSPS) is 17.5. The van der Waals surface area contributed by atoms with Crippen LogP contribution in [0.5, 0.6) is 0 Å². The molecule has 2 N–H and O–H groups in total. The van der Waals surface area contributed by atoms with Gasteiger partial charge in [0.25, 0.3) is 0 Å². The van der Waals surface area contributed by atoms with Crippen molar-refractivity contribution in [2.24, 2.45) is 5.92 Å². The molecule has 2 aromatic carbocycles. The third kappa shape index (κ3) is 5.22. The van der Waals surface area contributed by atoms with Gasteiger partial charge in [-0.1, -0.05) is 42.5 Å². The smallest absolute Gasteiger partial charge is 0.224 e. The Morgan fingerprint density at radius 1 is 1.17 bits per heavy atom. The summed E-state index contributed by atoms with van der Waals surface area (Å²) in [7, 11) is 0. The highest BCUT2D eigenvalue weighted by Gasteiger charge is 2.12. The zero-order valence-electron chi connectivity index (χ0n) is 13.4. The number of fused-ring (bicyclic) bond motifs is 1. The number of hydrogen-bond acceptors (Lipinski definition) is 2. The number of nitrogens with one attached hydrogen (secondary N) is 2. The van der Waals surface area contributed by atoms with E-state index in [9.17, 15) is 4.79 Å². The number of carbonyl (C=O) groups is 1. The van der Waals surface area contributed by atoms with Gasteiger partial charge in [0.1, 0.15) is 0 Å². The Morgan fingerprint density at radius 3 is 2.78 bits per heavy atom. The molecule has 0 spiro atoms. The number of carbonyl (C=O) groups excluding carboxylic acids is 1. The van der Waals surface area contributed by atoms with Crippen LogP contribution in [0, 0.1) is 5.92 Å². The SMILES string of the molecule is Cl.O=C(Cc1ccc2ccccc2c1)NCCC1CCCNC1. The minimum Gasteiger partial charge on any atom is -0.356 e. The Balaban J connectivity index is 0.00000192. The van der Waals surface area contributed by atoms with Gasteiger partial charge in [-0.2, -0.15) is 0 Å². The van der Waals surface area contributed by atoms with Crippen LogP contribution in [0.3, 0.4) is 0 Å². The molecule has 0 aliphatic carbocycles. The highest BCUT2D eigenvalue weighted by Crippen LogP contribution is 2.16. The maximum Gasteiger partial charge on any atom is 0.224 e. The number of amides is 1. The van der Waals surface area contributed by atoms with Gasteiger partial charge in [0.05, 0.1) is 6.42 Å². The van der Waals surface area contributed by atoms with Crippen LogP contribution in [-0.2, 0) is 11.2 Å². The molecule has 1 saturated heterocycles. The molecule has 2 aromatic rings. The van der Waals surface area contributed by atoms with Gasteiger partial charge in [-0.25, -0.2) is 0 Å². The number of halogens is 1. The monoisotopic (exact) mass is 332 g/mol. The molecule has 0 saturated carbocycles. The summed E-state index contributed by atoms with van der Waals surface area (Å²) in [5.74, 6) is 0.841. The lowest BCUT2D eigenvalue weighted by molar-refractivity contribution is -0.120. The molecule has 3 nitrogen and oxygen atoms in total. The van der Waals surface area contributed by atoms with Gasteiger partial charge in [0.15, 0.2) is 0 Å². The first-order valence-corrected chi connectivity index (χ1v) is 8.26. The minimum atomic E-state index is 0. The molecule has 0 aromatic heterocycles. The van der Waals surface area contributed by atoms with E-state index < -0.39 is 0 Å². The maximum atomic E-state index is 12.1. The fourth-order valence-electron chi connectivity index (χ4n) is 3.18. The molecule has 1 unspecified atom stereocenters. The average Bonchev–Trinajstić information content (AvgIpc) is 2.56. The molecule has 1 heterocycles. The molecule has 0 bridgehead atoms. The van der Waals surface area contributed by atoms with Crippen LogP contribution in [-0.4, -0.2) is 25.5 Å².